The van der Waals surface area contributed by atoms with Crippen LogP contribution in [0.5, 0.6) is 0 Å². The van der Waals surface area contributed by atoms with E-state index in [1.54, 1.807) is 0 Å². The van der Waals surface area contributed by atoms with Crippen LogP contribution in [0.3, 0.4) is 0 Å². The van der Waals surface area contributed by atoms with Crippen molar-refractivity contribution in [2.45, 2.75) is 32.7 Å². The van der Waals surface area contributed by atoms with Crippen molar-refractivity contribution in [1.29, 1.82) is 5.26 Å². The number of aromatic amines is 1. The number of imidazole rings is 1. The largest absolute Gasteiger partial charge is 0.335 e. The fourth-order valence-corrected chi connectivity index (χ4v) is 2.97. The molecule has 0 fully saturated rings. The molecule has 0 aliphatic carbocycles. The molecule has 0 saturated heterocycles. The summed E-state index contributed by atoms with van der Waals surface area (Å²) in [6.45, 7) is 2.88. The van der Waals surface area contributed by atoms with Gasteiger partial charge in [0.15, 0.2) is 0 Å². The second-order valence-corrected chi connectivity index (χ2v) is 5.80. The number of unbranched alkanes of at least 4 members (excludes halogenated alkanes) is 2. The van der Waals surface area contributed by atoms with Gasteiger partial charge in [-0.15, -0.1) is 0 Å². The third kappa shape index (κ3) is 2.68. The number of nitriles is 1. The smallest absolute Gasteiger partial charge is 0.326 e. The number of rotatable bonds is 5. The first-order valence-electron chi connectivity index (χ1n) is 7.94. The standard InChI is InChI=1S/C18H20N4O/c1-3-4-5-10-22-17-11-13(6-8-15(17)20-18(22)23)16-9-7-14(12-19)21(16)2/h6-9,11H,3-5,10H2,1-2H3,(H,20,23). The molecule has 5 heteroatoms. The maximum atomic E-state index is 12.2. The molecule has 23 heavy (non-hydrogen) atoms. The molecule has 2 aromatic heterocycles. The van der Waals surface area contributed by atoms with Gasteiger partial charge in [-0.3, -0.25) is 4.57 Å². The van der Waals surface area contributed by atoms with E-state index in [1.165, 1.54) is 0 Å². The van der Waals surface area contributed by atoms with Crippen molar-refractivity contribution in [2.24, 2.45) is 7.05 Å². The van der Waals surface area contributed by atoms with Gasteiger partial charge in [0.05, 0.1) is 11.0 Å². The second kappa shape index (κ2) is 6.17. The van der Waals surface area contributed by atoms with Crippen molar-refractivity contribution >= 4 is 11.0 Å². The Balaban J connectivity index is 2.07. The average Bonchev–Trinajstić information content (AvgIpc) is 3.07. The zero-order valence-electron chi connectivity index (χ0n) is 13.5. The first-order valence-corrected chi connectivity index (χ1v) is 7.94. The van der Waals surface area contributed by atoms with Crippen molar-refractivity contribution in [3.05, 3.63) is 46.5 Å². The summed E-state index contributed by atoms with van der Waals surface area (Å²) in [5.74, 6) is 0. The normalized spacial score (nSPS) is 11.0. The van der Waals surface area contributed by atoms with Gasteiger partial charge in [0.25, 0.3) is 0 Å². The molecule has 0 amide bonds. The van der Waals surface area contributed by atoms with E-state index in [0.717, 1.165) is 48.1 Å². The van der Waals surface area contributed by atoms with Crippen LogP contribution >= 0.6 is 0 Å². The van der Waals surface area contributed by atoms with Gasteiger partial charge < -0.3 is 9.55 Å². The molecule has 3 rings (SSSR count). The maximum absolute atomic E-state index is 12.2. The Morgan fingerprint density at radius 2 is 2.04 bits per heavy atom. The molecule has 0 radical (unpaired) electrons. The first-order chi connectivity index (χ1) is 11.2. The number of H-pyrrole nitrogens is 1. The van der Waals surface area contributed by atoms with Crippen LogP contribution in [0.2, 0.25) is 0 Å². The quantitative estimate of drug-likeness (QED) is 0.734. The average molecular weight is 308 g/mol. The molecule has 0 aliphatic rings. The van der Waals surface area contributed by atoms with Gasteiger partial charge in [-0.2, -0.15) is 5.26 Å². The number of hydrogen-bond donors (Lipinski definition) is 1. The summed E-state index contributed by atoms with van der Waals surface area (Å²) >= 11 is 0. The van der Waals surface area contributed by atoms with Crippen molar-refractivity contribution in [3.8, 4) is 17.3 Å². The minimum atomic E-state index is -0.0575. The highest BCUT2D eigenvalue weighted by atomic mass is 16.1. The topological polar surface area (TPSA) is 66.5 Å². The lowest BCUT2D eigenvalue weighted by Gasteiger charge is -2.07. The van der Waals surface area contributed by atoms with Gasteiger partial charge in [-0.25, -0.2) is 4.79 Å². The van der Waals surface area contributed by atoms with Crippen LogP contribution in [0, 0.1) is 11.3 Å². The molecule has 1 N–H and O–H groups in total. The second-order valence-electron chi connectivity index (χ2n) is 5.80. The Kier molecular flexibility index (Phi) is 4.07. The van der Waals surface area contributed by atoms with Crippen LogP contribution in [0.15, 0.2) is 35.1 Å². The van der Waals surface area contributed by atoms with Crippen LogP contribution in [-0.4, -0.2) is 14.1 Å². The monoisotopic (exact) mass is 308 g/mol. The van der Waals surface area contributed by atoms with E-state index in [9.17, 15) is 4.79 Å². The van der Waals surface area contributed by atoms with Crippen LogP contribution < -0.4 is 5.69 Å². The molecular weight excluding hydrogens is 288 g/mol. The SMILES string of the molecule is CCCCCn1c(=O)[nH]c2ccc(-c3ccc(C#N)n3C)cc21. The fraction of sp³-hybridized carbons (Fsp3) is 0.333. The van der Waals surface area contributed by atoms with Gasteiger partial charge in [0.2, 0.25) is 0 Å². The Hall–Kier alpha value is -2.74. The molecule has 0 saturated carbocycles. The molecule has 0 unspecified atom stereocenters. The molecule has 5 nitrogen and oxygen atoms in total. The van der Waals surface area contributed by atoms with Crippen molar-refractivity contribution in [3.63, 3.8) is 0 Å². The summed E-state index contributed by atoms with van der Waals surface area (Å²) in [7, 11) is 1.88. The molecule has 0 spiro atoms. The zero-order chi connectivity index (χ0) is 16.4. The van der Waals surface area contributed by atoms with Crippen LogP contribution in [0.1, 0.15) is 31.9 Å². The van der Waals surface area contributed by atoms with Crippen LogP contribution in [0.25, 0.3) is 22.3 Å². The summed E-state index contributed by atoms with van der Waals surface area (Å²) in [6, 6.07) is 11.9. The Labute approximate surface area is 134 Å². The summed E-state index contributed by atoms with van der Waals surface area (Å²) in [5, 5.41) is 9.10. The molecule has 1 aromatic carbocycles. The number of fused-ring (bicyclic) bond motifs is 1. The number of benzene rings is 1. The lowest BCUT2D eigenvalue weighted by Crippen LogP contribution is -2.16. The Bertz CT molecular complexity index is 936. The van der Waals surface area contributed by atoms with Gasteiger partial charge >= 0.3 is 5.69 Å². The van der Waals surface area contributed by atoms with Gasteiger partial charge in [-0.05, 0) is 30.7 Å². The summed E-state index contributed by atoms with van der Waals surface area (Å²) in [6.07, 6.45) is 3.24. The fourth-order valence-electron chi connectivity index (χ4n) is 2.97. The number of nitrogens with one attached hydrogen (secondary N) is 1. The molecule has 0 aliphatic heterocycles. The summed E-state index contributed by atoms with van der Waals surface area (Å²) < 4.78 is 3.68. The molecular formula is C18H20N4O. The van der Waals surface area contributed by atoms with E-state index in [0.29, 0.717) is 5.69 Å². The number of aromatic nitrogens is 3. The van der Waals surface area contributed by atoms with E-state index >= 15 is 0 Å². The minimum Gasteiger partial charge on any atom is -0.335 e. The van der Waals surface area contributed by atoms with E-state index in [1.807, 2.05) is 46.5 Å². The highest BCUT2D eigenvalue weighted by molar-refractivity contribution is 5.81. The predicted molar refractivity (Wildman–Crippen MR) is 91.2 cm³/mol. The van der Waals surface area contributed by atoms with E-state index in [-0.39, 0.29) is 5.69 Å². The minimum absolute atomic E-state index is 0.0575. The van der Waals surface area contributed by atoms with Crippen molar-refractivity contribution in [2.75, 3.05) is 0 Å². The first kappa shape index (κ1) is 15.2. The maximum Gasteiger partial charge on any atom is 0.326 e. The number of hydrogen-bond acceptors (Lipinski definition) is 2. The number of aryl methyl sites for hydroxylation is 1. The Morgan fingerprint density at radius 1 is 1.22 bits per heavy atom. The van der Waals surface area contributed by atoms with Gasteiger partial charge in [0, 0.05) is 24.8 Å². The van der Waals surface area contributed by atoms with Crippen LogP contribution in [0.4, 0.5) is 0 Å². The third-order valence-electron chi connectivity index (χ3n) is 4.29. The van der Waals surface area contributed by atoms with Crippen molar-refractivity contribution in [1.82, 2.24) is 14.1 Å². The molecule has 2 heterocycles. The predicted octanol–water partition coefficient (Wildman–Crippen LogP) is 3.40. The molecule has 0 bridgehead atoms. The molecule has 3 aromatic rings. The van der Waals surface area contributed by atoms with Gasteiger partial charge in [-0.1, -0.05) is 25.8 Å². The van der Waals surface area contributed by atoms with Crippen LogP contribution in [-0.2, 0) is 13.6 Å². The van der Waals surface area contributed by atoms with E-state index < -0.39 is 0 Å². The lowest BCUT2D eigenvalue weighted by atomic mass is 10.1. The highest BCUT2D eigenvalue weighted by Gasteiger charge is 2.11. The summed E-state index contributed by atoms with van der Waals surface area (Å²) in [4.78, 5) is 15.1. The third-order valence-corrected chi connectivity index (χ3v) is 4.29. The highest BCUT2D eigenvalue weighted by Crippen LogP contribution is 2.25. The zero-order valence-corrected chi connectivity index (χ0v) is 13.5. The van der Waals surface area contributed by atoms with Crippen molar-refractivity contribution < 1.29 is 0 Å². The lowest BCUT2D eigenvalue weighted by molar-refractivity contribution is 0.601. The number of nitrogens with zero attached hydrogens (tertiary/aromatic N) is 3. The molecule has 118 valence electrons. The van der Waals surface area contributed by atoms with E-state index in [2.05, 4.69) is 18.0 Å². The summed E-state index contributed by atoms with van der Waals surface area (Å²) in [5.41, 5.74) is 4.31. The van der Waals surface area contributed by atoms with E-state index in [4.69, 9.17) is 5.26 Å². The molecule has 0 atom stereocenters. The van der Waals surface area contributed by atoms with Gasteiger partial charge in [0.1, 0.15) is 11.8 Å². The Morgan fingerprint density at radius 3 is 2.74 bits per heavy atom.